The molecule has 1 aliphatic carbocycles. The van der Waals surface area contributed by atoms with Crippen molar-refractivity contribution < 1.29 is 4.74 Å². The van der Waals surface area contributed by atoms with Gasteiger partial charge >= 0.3 is 0 Å². The predicted octanol–water partition coefficient (Wildman–Crippen LogP) is 3.83. The lowest BCUT2D eigenvalue weighted by atomic mass is 9.77. The van der Waals surface area contributed by atoms with Crippen LogP contribution in [0.4, 0.5) is 0 Å². The van der Waals surface area contributed by atoms with Crippen LogP contribution in [-0.2, 0) is 0 Å². The Bertz CT molecular complexity index is 394. The number of hydrogen-bond acceptors (Lipinski definition) is 2. The molecule has 2 rings (SSSR count). The number of nitrogens with two attached hydrogens (primary N) is 1. The molecule has 18 heavy (non-hydrogen) atoms. The molecular formula is C16H25NO. The van der Waals surface area contributed by atoms with Gasteiger partial charge in [0.15, 0.2) is 0 Å². The van der Waals surface area contributed by atoms with Gasteiger partial charge in [-0.2, -0.15) is 0 Å². The molecular weight excluding hydrogens is 222 g/mol. The lowest BCUT2D eigenvalue weighted by Gasteiger charge is -2.31. The van der Waals surface area contributed by atoms with Crippen LogP contribution in [0.15, 0.2) is 18.2 Å². The molecule has 0 radical (unpaired) electrons. The molecule has 1 fully saturated rings. The average Bonchev–Trinajstić information content (AvgIpc) is 2.38. The fourth-order valence-electron chi connectivity index (χ4n) is 3.03. The van der Waals surface area contributed by atoms with Crippen molar-refractivity contribution in [1.29, 1.82) is 0 Å². The van der Waals surface area contributed by atoms with Crippen LogP contribution < -0.4 is 10.5 Å². The lowest BCUT2D eigenvalue weighted by molar-refractivity contribution is 0.256. The first-order chi connectivity index (χ1) is 8.61. The number of benzene rings is 1. The first kappa shape index (κ1) is 13.4. The molecule has 0 amide bonds. The topological polar surface area (TPSA) is 35.2 Å². The first-order valence-electron chi connectivity index (χ1n) is 7.02. The number of methoxy groups -OCH3 is 1. The van der Waals surface area contributed by atoms with E-state index in [2.05, 4.69) is 26.0 Å². The van der Waals surface area contributed by atoms with Gasteiger partial charge in [-0.1, -0.05) is 31.9 Å². The molecule has 0 heterocycles. The fourth-order valence-corrected chi connectivity index (χ4v) is 3.03. The van der Waals surface area contributed by atoms with Crippen molar-refractivity contribution in [3.05, 3.63) is 29.3 Å². The van der Waals surface area contributed by atoms with Crippen molar-refractivity contribution >= 4 is 0 Å². The van der Waals surface area contributed by atoms with E-state index in [0.717, 1.165) is 11.7 Å². The van der Waals surface area contributed by atoms with Crippen LogP contribution in [0.25, 0.3) is 0 Å². The van der Waals surface area contributed by atoms with E-state index < -0.39 is 0 Å². The summed E-state index contributed by atoms with van der Waals surface area (Å²) in [7, 11) is 1.71. The standard InChI is InChI=1S/C16H25NO/c1-11-4-6-13(7-5-11)16(17)14-8-9-15(18-3)12(2)10-14/h8-11,13,16H,4-7,17H2,1-3H3. The third-order valence-corrected chi connectivity index (χ3v) is 4.37. The van der Waals surface area contributed by atoms with Crippen molar-refractivity contribution in [2.75, 3.05) is 7.11 Å². The number of aryl methyl sites for hydroxylation is 1. The Morgan fingerprint density at radius 2 is 1.89 bits per heavy atom. The molecule has 100 valence electrons. The molecule has 2 N–H and O–H groups in total. The second kappa shape index (κ2) is 5.75. The maximum atomic E-state index is 6.43. The molecule has 1 aromatic carbocycles. The molecule has 0 spiro atoms. The second-order valence-electron chi connectivity index (χ2n) is 5.77. The summed E-state index contributed by atoms with van der Waals surface area (Å²) in [5, 5.41) is 0. The predicted molar refractivity (Wildman–Crippen MR) is 75.8 cm³/mol. The van der Waals surface area contributed by atoms with Gasteiger partial charge in [0.2, 0.25) is 0 Å². The molecule has 1 atom stereocenters. The second-order valence-corrected chi connectivity index (χ2v) is 5.77. The Hall–Kier alpha value is -1.02. The average molecular weight is 247 g/mol. The molecule has 0 saturated heterocycles. The SMILES string of the molecule is COc1ccc(C(N)C2CCC(C)CC2)cc1C. The van der Waals surface area contributed by atoms with Crippen molar-refractivity contribution in [3.63, 3.8) is 0 Å². The molecule has 1 saturated carbocycles. The van der Waals surface area contributed by atoms with E-state index in [9.17, 15) is 0 Å². The third kappa shape index (κ3) is 2.86. The Balaban J connectivity index is 2.08. The van der Waals surface area contributed by atoms with Gasteiger partial charge in [-0.15, -0.1) is 0 Å². The summed E-state index contributed by atoms with van der Waals surface area (Å²) in [6.07, 6.45) is 5.20. The van der Waals surface area contributed by atoms with Crippen LogP contribution in [0.3, 0.4) is 0 Å². The monoisotopic (exact) mass is 247 g/mol. The Morgan fingerprint density at radius 3 is 2.44 bits per heavy atom. The van der Waals surface area contributed by atoms with Crippen molar-refractivity contribution in [1.82, 2.24) is 0 Å². The Morgan fingerprint density at radius 1 is 1.22 bits per heavy atom. The fraction of sp³-hybridized carbons (Fsp3) is 0.625. The Kier molecular flexibility index (Phi) is 4.28. The molecule has 0 bridgehead atoms. The van der Waals surface area contributed by atoms with Crippen LogP contribution in [0.2, 0.25) is 0 Å². The highest BCUT2D eigenvalue weighted by Gasteiger charge is 2.24. The highest BCUT2D eigenvalue weighted by molar-refractivity contribution is 5.37. The zero-order chi connectivity index (χ0) is 13.1. The van der Waals surface area contributed by atoms with E-state index in [0.29, 0.717) is 5.92 Å². The molecule has 2 heteroatoms. The van der Waals surface area contributed by atoms with Gasteiger partial charge in [-0.25, -0.2) is 0 Å². The minimum atomic E-state index is 0.183. The van der Waals surface area contributed by atoms with E-state index >= 15 is 0 Å². The summed E-state index contributed by atoms with van der Waals surface area (Å²) in [4.78, 5) is 0. The van der Waals surface area contributed by atoms with E-state index in [-0.39, 0.29) is 6.04 Å². The molecule has 2 nitrogen and oxygen atoms in total. The lowest BCUT2D eigenvalue weighted by Crippen LogP contribution is -2.25. The van der Waals surface area contributed by atoms with Crippen LogP contribution in [0, 0.1) is 18.8 Å². The highest BCUT2D eigenvalue weighted by Crippen LogP contribution is 2.36. The van der Waals surface area contributed by atoms with E-state index in [1.165, 1.54) is 36.8 Å². The maximum Gasteiger partial charge on any atom is 0.121 e. The molecule has 1 aromatic rings. The van der Waals surface area contributed by atoms with E-state index in [4.69, 9.17) is 10.5 Å². The summed E-state index contributed by atoms with van der Waals surface area (Å²) in [5.41, 5.74) is 8.87. The summed E-state index contributed by atoms with van der Waals surface area (Å²) >= 11 is 0. The highest BCUT2D eigenvalue weighted by atomic mass is 16.5. The number of hydrogen-bond donors (Lipinski definition) is 1. The summed E-state index contributed by atoms with van der Waals surface area (Å²) < 4.78 is 5.30. The first-order valence-corrected chi connectivity index (χ1v) is 7.02. The van der Waals surface area contributed by atoms with Gasteiger partial charge in [0, 0.05) is 6.04 Å². The van der Waals surface area contributed by atoms with E-state index in [1.54, 1.807) is 7.11 Å². The van der Waals surface area contributed by atoms with Crippen molar-refractivity contribution in [2.24, 2.45) is 17.6 Å². The summed E-state index contributed by atoms with van der Waals surface area (Å²) in [6, 6.07) is 6.52. The van der Waals surface area contributed by atoms with Crippen molar-refractivity contribution in [2.45, 2.75) is 45.6 Å². The number of ether oxygens (including phenoxy) is 1. The molecule has 0 aliphatic heterocycles. The number of rotatable bonds is 3. The van der Waals surface area contributed by atoms with Gasteiger partial charge < -0.3 is 10.5 Å². The molecule has 1 aliphatic rings. The normalized spacial score (nSPS) is 25.8. The molecule has 0 aromatic heterocycles. The summed E-state index contributed by atoms with van der Waals surface area (Å²) in [6.45, 7) is 4.43. The third-order valence-electron chi connectivity index (χ3n) is 4.37. The largest absolute Gasteiger partial charge is 0.496 e. The molecule has 1 unspecified atom stereocenters. The van der Waals surface area contributed by atoms with Crippen LogP contribution in [-0.4, -0.2) is 7.11 Å². The minimum absolute atomic E-state index is 0.183. The van der Waals surface area contributed by atoms with Gasteiger partial charge in [0.25, 0.3) is 0 Å². The van der Waals surface area contributed by atoms with Crippen LogP contribution >= 0.6 is 0 Å². The summed E-state index contributed by atoms with van der Waals surface area (Å²) in [5.74, 6) is 2.48. The maximum absolute atomic E-state index is 6.43. The minimum Gasteiger partial charge on any atom is -0.496 e. The van der Waals surface area contributed by atoms with Gasteiger partial charge in [0.05, 0.1) is 7.11 Å². The van der Waals surface area contributed by atoms with Gasteiger partial charge in [-0.3, -0.25) is 0 Å². The van der Waals surface area contributed by atoms with Crippen molar-refractivity contribution in [3.8, 4) is 5.75 Å². The van der Waals surface area contributed by atoms with Crippen LogP contribution in [0.5, 0.6) is 5.75 Å². The zero-order valence-corrected chi connectivity index (χ0v) is 11.8. The zero-order valence-electron chi connectivity index (χ0n) is 11.8. The van der Waals surface area contributed by atoms with Crippen LogP contribution in [0.1, 0.15) is 49.8 Å². The van der Waals surface area contributed by atoms with Gasteiger partial charge in [0.1, 0.15) is 5.75 Å². The Labute approximate surface area is 111 Å². The van der Waals surface area contributed by atoms with E-state index in [1.807, 2.05) is 6.07 Å². The quantitative estimate of drug-likeness (QED) is 0.881. The van der Waals surface area contributed by atoms with Gasteiger partial charge in [-0.05, 0) is 48.8 Å². The smallest absolute Gasteiger partial charge is 0.121 e.